The fraction of sp³-hybridized carbons (Fsp3) is 0.115. The van der Waals surface area contributed by atoms with Crippen molar-refractivity contribution in [1.29, 1.82) is 0 Å². The number of para-hydroxylation sites is 1. The SMILES string of the molecule is O=C(Nc1ccc(OC2CN(c3cccc(C(=O)O)c3-n3cccc3)C2)cc1)c1cccnc1. The number of nitrogens with zero attached hydrogens (tertiary/aromatic N) is 3. The summed E-state index contributed by atoms with van der Waals surface area (Å²) < 4.78 is 7.89. The van der Waals surface area contributed by atoms with Crippen molar-refractivity contribution >= 4 is 23.3 Å². The van der Waals surface area contributed by atoms with Crippen LogP contribution in [0.4, 0.5) is 11.4 Å². The van der Waals surface area contributed by atoms with E-state index in [1.54, 1.807) is 42.6 Å². The molecule has 0 spiro atoms. The second-order valence-corrected chi connectivity index (χ2v) is 7.93. The van der Waals surface area contributed by atoms with E-state index >= 15 is 0 Å². The van der Waals surface area contributed by atoms with Gasteiger partial charge >= 0.3 is 5.97 Å². The highest BCUT2D eigenvalue weighted by molar-refractivity contribution is 6.04. The zero-order valence-electron chi connectivity index (χ0n) is 18.2. The van der Waals surface area contributed by atoms with Crippen molar-refractivity contribution in [3.63, 3.8) is 0 Å². The van der Waals surface area contributed by atoms with Gasteiger partial charge in [0.2, 0.25) is 0 Å². The summed E-state index contributed by atoms with van der Waals surface area (Å²) in [5.41, 5.74) is 2.90. The maximum Gasteiger partial charge on any atom is 0.337 e. The number of carbonyl (C=O) groups excluding carboxylic acids is 1. The van der Waals surface area contributed by atoms with E-state index in [0.717, 1.165) is 5.69 Å². The zero-order valence-corrected chi connectivity index (χ0v) is 18.2. The van der Waals surface area contributed by atoms with Gasteiger partial charge in [-0.1, -0.05) is 6.07 Å². The second-order valence-electron chi connectivity index (χ2n) is 7.93. The molecule has 2 aromatic heterocycles. The number of hydrogen-bond acceptors (Lipinski definition) is 5. The Kier molecular flexibility index (Phi) is 5.70. The molecule has 0 radical (unpaired) electrons. The van der Waals surface area contributed by atoms with Gasteiger partial charge in [0.25, 0.3) is 5.91 Å². The van der Waals surface area contributed by atoms with E-state index in [1.807, 2.05) is 47.3 Å². The maximum absolute atomic E-state index is 12.3. The summed E-state index contributed by atoms with van der Waals surface area (Å²) in [5, 5.41) is 12.5. The molecule has 1 amide bonds. The Morgan fingerprint density at radius 3 is 2.41 bits per heavy atom. The molecule has 0 bridgehead atoms. The molecule has 3 heterocycles. The summed E-state index contributed by atoms with van der Waals surface area (Å²) in [4.78, 5) is 30.1. The molecule has 4 aromatic rings. The van der Waals surface area contributed by atoms with Crippen LogP contribution in [0, 0.1) is 0 Å². The largest absolute Gasteiger partial charge is 0.487 e. The molecular formula is C26H22N4O4. The Labute approximate surface area is 196 Å². The van der Waals surface area contributed by atoms with Crippen LogP contribution in [-0.2, 0) is 0 Å². The highest BCUT2D eigenvalue weighted by atomic mass is 16.5. The number of rotatable bonds is 7. The van der Waals surface area contributed by atoms with Crippen LogP contribution in [0.1, 0.15) is 20.7 Å². The molecule has 1 fully saturated rings. The van der Waals surface area contributed by atoms with Crippen LogP contribution in [0.5, 0.6) is 5.75 Å². The van der Waals surface area contributed by atoms with Crippen LogP contribution in [-0.4, -0.2) is 45.7 Å². The van der Waals surface area contributed by atoms with E-state index in [9.17, 15) is 14.7 Å². The zero-order chi connectivity index (χ0) is 23.5. The van der Waals surface area contributed by atoms with E-state index in [2.05, 4.69) is 15.2 Å². The van der Waals surface area contributed by atoms with Crippen LogP contribution in [0.3, 0.4) is 0 Å². The van der Waals surface area contributed by atoms with Gasteiger partial charge in [0.05, 0.1) is 35.6 Å². The van der Waals surface area contributed by atoms with Gasteiger partial charge in [-0.25, -0.2) is 4.79 Å². The number of nitrogens with one attached hydrogen (secondary N) is 1. The molecule has 2 N–H and O–H groups in total. The van der Waals surface area contributed by atoms with Gasteiger partial charge < -0.3 is 24.6 Å². The summed E-state index contributed by atoms with van der Waals surface area (Å²) in [6.07, 6.45) is 6.79. The fourth-order valence-corrected chi connectivity index (χ4v) is 3.93. The molecule has 5 rings (SSSR count). The molecule has 0 atom stereocenters. The number of pyridine rings is 1. The number of anilines is 2. The molecule has 0 saturated carbocycles. The number of ether oxygens (including phenoxy) is 1. The summed E-state index contributed by atoms with van der Waals surface area (Å²) >= 11 is 0. The molecule has 1 aliphatic rings. The highest BCUT2D eigenvalue weighted by Gasteiger charge is 2.31. The van der Waals surface area contributed by atoms with E-state index in [0.29, 0.717) is 35.8 Å². The van der Waals surface area contributed by atoms with Gasteiger partial charge in [-0.3, -0.25) is 9.78 Å². The van der Waals surface area contributed by atoms with Crippen LogP contribution in [0.25, 0.3) is 5.69 Å². The third kappa shape index (κ3) is 4.33. The molecule has 34 heavy (non-hydrogen) atoms. The Morgan fingerprint density at radius 2 is 1.74 bits per heavy atom. The topological polar surface area (TPSA) is 96.7 Å². The average Bonchev–Trinajstić information content (AvgIpc) is 3.37. The van der Waals surface area contributed by atoms with Crippen molar-refractivity contribution in [2.24, 2.45) is 0 Å². The minimum atomic E-state index is -0.963. The van der Waals surface area contributed by atoms with Gasteiger partial charge in [0, 0.05) is 30.5 Å². The van der Waals surface area contributed by atoms with Gasteiger partial charge in [0.15, 0.2) is 0 Å². The van der Waals surface area contributed by atoms with Crippen molar-refractivity contribution in [1.82, 2.24) is 9.55 Å². The van der Waals surface area contributed by atoms with Crippen molar-refractivity contribution in [3.8, 4) is 11.4 Å². The van der Waals surface area contributed by atoms with Gasteiger partial charge in [0.1, 0.15) is 11.9 Å². The molecular weight excluding hydrogens is 432 g/mol. The smallest absolute Gasteiger partial charge is 0.337 e. The van der Waals surface area contributed by atoms with Crippen LogP contribution in [0.2, 0.25) is 0 Å². The van der Waals surface area contributed by atoms with Crippen molar-refractivity contribution in [2.45, 2.75) is 6.10 Å². The summed E-state index contributed by atoms with van der Waals surface area (Å²) in [6.45, 7) is 1.27. The first kappa shape index (κ1) is 21.3. The predicted molar refractivity (Wildman–Crippen MR) is 128 cm³/mol. The standard InChI is InChI=1S/C26H22N4O4/c31-25(18-5-4-12-27-15-18)28-19-8-10-20(11-9-19)34-21-16-30(17-21)23-7-3-6-22(26(32)33)24(23)29-13-1-2-14-29/h1-15,21H,16-17H2,(H,28,31)(H,32,33). The normalized spacial score (nSPS) is 13.2. The van der Waals surface area contributed by atoms with Crippen LogP contribution in [0.15, 0.2) is 91.5 Å². The maximum atomic E-state index is 12.3. The lowest BCUT2D eigenvalue weighted by Crippen LogP contribution is -2.54. The Bertz CT molecular complexity index is 1300. The van der Waals surface area contributed by atoms with E-state index in [1.165, 1.54) is 6.20 Å². The van der Waals surface area contributed by atoms with E-state index in [4.69, 9.17) is 4.74 Å². The lowest BCUT2D eigenvalue weighted by molar-refractivity contribution is 0.0696. The average molecular weight is 454 g/mol. The number of amides is 1. The molecule has 2 aromatic carbocycles. The van der Waals surface area contributed by atoms with Crippen molar-refractivity contribution in [3.05, 3.63) is 103 Å². The minimum absolute atomic E-state index is 0.0261. The number of aromatic nitrogens is 2. The Hall–Kier alpha value is -4.59. The number of carboxylic acid groups (broad SMARTS) is 1. The summed E-state index contributed by atoms with van der Waals surface area (Å²) in [5.74, 6) is -0.484. The minimum Gasteiger partial charge on any atom is -0.487 e. The number of carbonyl (C=O) groups is 2. The highest BCUT2D eigenvalue weighted by Crippen LogP contribution is 2.32. The van der Waals surface area contributed by atoms with Gasteiger partial charge in [-0.2, -0.15) is 0 Å². The summed E-state index contributed by atoms with van der Waals surface area (Å²) in [6, 6.07) is 19.7. The predicted octanol–water partition coefficient (Wildman–Crippen LogP) is 4.09. The molecule has 1 aliphatic heterocycles. The number of aromatic carboxylic acids is 1. The molecule has 0 unspecified atom stereocenters. The lowest BCUT2D eigenvalue weighted by atomic mass is 10.1. The first-order valence-electron chi connectivity index (χ1n) is 10.8. The van der Waals surface area contributed by atoms with Crippen LogP contribution < -0.4 is 15.0 Å². The van der Waals surface area contributed by atoms with E-state index in [-0.39, 0.29) is 17.6 Å². The third-order valence-corrected chi connectivity index (χ3v) is 5.64. The Balaban J connectivity index is 1.22. The van der Waals surface area contributed by atoms with Gasteiger partial charge in [-0.05, 0) is 60.7 Å². The first-order valence-corrected chi connectivity index (χ1v) is 10.8. The Morgan fingerprint density at radius 1 is 0.971 bits per heavy atom. The summed E-state index contributed by atoms with van der Waals surface area (Å²) in [7, 11) is 0. The van der Waals surface area contributed by atoms with Crippen molar-refractivity contribution < 1.29 is 19.4 Å². The molecule has 1 saturated heterocycles. The number of benzene rings is 2. The van der Waals surface area contributed by atoms with Crippen molar-refractivity contribution in [2.75, 3.05) is 23.3 Å². The molecule has 8 nitrogen and oxygen atoms in total. The van der Waals surface area contributed by atoms with Crippen LogP contribution >= 0.6 is 0 Å². The lowest BCUT2D eigenvalue weighted by Gasteiger charge is -2.41. The fourth-order valence-electron chi connectivity index (χ4n) is 3.93. The number of carboxylic acids is 1. The molecule has 0 aliphatic carbocycles. The van der Waals surface area contributed by atoms with Gasteiger partial charge in [-0.15, -0.1) is 0 Å². The van der Waals surface area contributed by atoms with E-state index < -0.39 is 5.97 Å². The molecule has 8 heteroatoms. The quantitative estimate of drug-likeness (QED) is 0.437. The first-order chi connectivity index (χ1) is 16.6. The monoisotopic (exact) mass is 454 g/mol. The third-order valence-electron chi connectivity index (χ3n) is 5.64. The number of hydrogen-bond donors (Lipinski definition) is 2. The molecule has 170 valence electrons. The second kappa shape index (κ2) is 9.11.